The molecule has 0 unspecified atom stereocenters. The summed E-state index contributed by atoms with van der Waals surface area (Å²) in [7, 11) is -3.25. The summed E-state index contributed by atoms with van der Waals surface area (Å²) >= 11 is 0. The van der Waals surface area contributed by atoms with E-state index in [2.05, 4.69) is 13.8 Å². The second-order valence-corrected chi connectivity index (χ2v) is 8.39. The van der Waals surface area contributed by atoms with Gasteiger partial charge >= 0.3 is 0 Å². The fraction of sp³-hybridized carbons (Fsp3) is 0.600. The van der Waals surface area contributed by atoms with Gasteiger partial charge in [0.25, 0.3) is 0 Å². The van der Waals surface area contributed by atoms with Crippen LogP contribution in [-0.4, -0.2) is 25.8 Å². The summed E-state index contributed by atoms with van der Waals surface area (Å²) in [6.45, 7) is 5.67. The van der Waals surface area contributed by atoms with Gasteiger partial charge in [-0.25, -0.2) is 12.7 Å². The minimum absolute atomic E-state index is 0.0401. The molecule has 1 aliphatic heterocycles. The molecular formula is C15H24N2O2S. The second kappa shape index (κ2) is 5.74. The first-order chi connectivity index (χ1) is 9.28. The van der Waals surface area contributed by atoms with Crippen molar-refractivity contribution in [2.45, 2.75) is 38.9 Å². The molecule has 1 saturated heterocycles. The monoisotopic (exact) mass is 296 g/mol. The Morgan fingerprint density at radius 1 is 1.25 bits per heavy atom. The maximum atomic E-state index is 12.5. The number of nitrogens with zero attached hydrogens (tertiary/aromatic N) is 1. The quantitative estimate of drug-likeness (QED) is 0.872. The molecule has 4 nitrogen and oxygen atoms in total. The smallest absolute Gasteiger partial charge is 0.218 e. The number of sulfonamides is 1. The van der Waals surface area contributed by atoms with E-state index in [4.69, 9.17) is 5.73 Å². The number of anilines is 1. The standard InChI is InChI=1S/C15H24N2O2S/c1-15(2)7-4-9-17(10-8-15)20(18,19)12-13-5-3-6-14(16)11-13/h3,5-6,11H,4,7-10,12,16H2,1-2H3. The average Bonchev–Trinajstić information content (AvgIpc) is 2.50. The molecule has 1 aliphatic rings. The van der Waals surface area contributed by atoms with E-state index < -0.39 is 10.0 Å². The highest BCUT2D eigenvalue weighted by Crippen LogP contribution is 2.31. The van der Waals surface area contributed by atoms with Gasteiger partial charge < -0.3 is 5.73 Å². The first kappa shape index (κ1) is 15.3. The third-order valence-corrected chi connectivity index (χ3v) is 5.84. The molecule has 2 N–H and O–H groups in total. The van der Waals surface area contributed by atoms with E-state index in [1.165, 1.54) is 0 Å². The molecule has 0 atom stereocenters. The molecular weight excluding hydrogens is 272 g/mol. The van der Waals surface area contributed by atoms with Crippen LogP contribution in [0.1, 0.15) is 38.7 Å². The summed E-state index contributed by atoms with van der Waals surface area (Å²) in [5, 5.41) is 0. The maximum absolute atomic E-state index is 12.5. The lowest BCUT2D eigenvalue weighted by atomic mass is 9.85. The topological polar surface area (TPSA) is 63.4 Å². The molecule has 1 aromatic rings. The molecule has 0 radical (unpaired) electrons. The third-order valence-electron chi connectivity index (χ3n) is 3.99. The molecule has 0 spiro atoms. The minimum Gasteiger partial charge on any atom is -0.399 e. The van der Waals surface area contributed by atoms with Gasteiger partial charge in [0, 0.05) is 18.8 Å². The largest absolute Gasteiger partial charge is 0.399 e. The zero-order valence-electron chi connectivity index (χ0n) is 12.3. The average molecular weight is 296 g/mol. The van der Waals surface area contributed by atoms with Crippen molar-refractivity contribution in [1.82, 2.24) is 4.31 Å². The van der Waals surface area contributed by atoms with Gasteiger partial charge in [-0.05, 0) is 42.4 Å². The van der Waals surface area contributed by atoms with Crippen LogP contribution in [0.5, 0.6) is 0 Å². The molecule has 112 valence electrons. The van der Waals surface area contributed by atoms with Crippen LogP contribution in [0, 0.1) is 5.41 Å². The van der Waals surface area contributed by atoms with Crippen LogP contribution in [0.2, 0.25) is 0 Å². The Morgan fingerprint density at radius 2 is 2.00 bits per heavy atom. The van der Waals surface area contributed by atoms with Crippen LogP contribution in [0.4, 0.5) is 5.69 Å². The van der Waals surface area contributed by atoms with Gasteiger partial charge in [-0.3, -0.25) is 0 Å². The molecule has 5 heteroatoms. The highest BCUT2D eigenvalue weighted by Gasteiger charge is 2.29. The first-order valence-electron chi connectivity index (χ1n) is 7.11. The van der Waals surface area contributed by atoms with Crippen molar-refractivity contribution in [1.29, 1.82) is 0 Å². The summed E-state index contributed by atoms with van der Waals surface area (Å²) in [5.41, 5.74) is 7.31. The van der Waals surface area contributed by atoms with Crippen LogP contribution in [0.25, 0.3) is 0 Å². The number of hydrogen-bond acceptors (Lipinski definition) is 3. The second-order valence-electron chi connectivity index (χ2n) is 6.42. The van der Waals surface area contributed by atoms with Crippen LogP contribution >= 0.6 is 0 Å². The Bertz CT molecular complexity index is 567. The van der Waals surface area contributed by atoms with E-state index >= 15 is 0 Å². The van der Waals surface area contributed by atoms with E-state index in [-0.39, 0.29) is 11.2 Å². The van der Waals surface area contributed by atoms with Gasteiger partial charge in [0.1, 0.15) is 0 Å². The number of rotatable bonds is 3. The predicted molar refractivity (Wildman–Crippen MR) is 82.7 cm³/mol. The van der Waals surface area contributed by atoms with Crippen LogP contribution in [0.3, 0.4) is 0 Å². The fourth-order valence-electron chi connectivity index (χ4n) is 2.66. The van der Waals surface area contributed by atoms with E-state index in [1.54, 1.807) is 22.5 Å². The summed E-state index contributed by atoms with van der Waals surface area (Å²) in [6.07, 6.45) is 2.93. The molecule has 1 aromatic carbocycles. The zero-order chi connectivity index (χ0) is 14.8. The van der Waals surface area contributed by atoms with Crippen LogP contribution in [0.15, 0.2) is 24.3 Å². The summed E-state index contributed by atoms with van der Waals surface area (Å²) in [6, 6.07) is 7.12. The SMILES string of the molecule is CC1(C)CCCN(S(=O)(=O)Cc2cccc(N)c2)CC1. The highest BCUT2D eigenvalue weighted by molar-refractivity contribution is 7.88. The third kappa shape index (κ3) is 3.96. The minimum atomic E-state index is -3.25. The van der Waals surface area contributed by atoms with E-state index in [0.717, 1.165) is 24.8 Å². The Labute approximate surface area is 122 Å². The molecule has 20 heavy (non-hydrogen) atoms. The lowest BCUT2D eigenvalue weighted by Crippen LogP contribution is -2.33. The normalized spacial score (nSPS) is 20.5. The fourth-order valence-corrected chi connectivity index (χ4v) is 4.22. The van der Waals surface area contributed by atoms with E-state index in [0.29, 0.717) is 18.8 Å². The van der Waals surface area contributed by atoms with Gasteiger partial charge in [-0.2, -0.15) is 0 Å². The van der Waals surface area contributed by atoms with Crippen molar-refractivity contribution < 1.29 is 8.42 Å². The number of hydrogen-bond donors (Lipinski definition) is 1. The predicted octanol–water partition coefficient (Wildman–Crippen LogP) is 2.61. The molecule has 0 bridgehead atoms. The van der Waals surface area contributed by atoms with Gasteiger partial charge in [-0.15, -0.1) is 0 Å². The lowest BCUT2D eigenvalue weighted by molar-refractivity contribution is 0.314. The van der Waals surface area contributed by atoms with Crippen LogP contribution < -0.4 is 5.73 Å². The van der Waals surface area contributed by atoms with E-state index in [9.17, 15) is 8.42 Å². The van der Waals surface area contributed by atoms with Gasteiger partial charge in [0.2, 0.25) is 10.0 Å². The van der Waals surface area contributed by atoms with Crippen molar-refractivity contribution in [3.8, 4) is 0 Å². The van der Waals surface area contributed by atoms with Crippen molar-refractivity contribution in [2.24, 2.45) is 5.41 Å². The number of benzene rings is 1. The van der Waals surface area contributed by atoms with Gasteiger partial charge in [0.15, 0.2) is 0 Å². The summed E-state index contributed by atoms with van der Waals surface area (Å²) in [4.78, 5) is 0. The van der Waals surface area contributed by atoms with Crippen molar-refractivity contribution >= 4 is 15.7 Å². The highest BCUT2D eigenvalue weighted by atomic mass is 32.2. The molecule has 0 saturated carbocycles. The van der Waals surface area contributed by atoms with Gasteiger partial charge in [-0.1, -0.05) is 26.0 Å². The Balaban J connectivity index is 2.10. The van der Waals surface area contributed by atoms with Gasteiger partial charge in [0.05, 0.1) is 5.75 Å². The Hall–Kier alpha value is -1.07. The molecule has 0 aliphatic carbocycles. The van der Waals surface area contributed by atoms with E-state index in [1.807, 2.05) is 6.07 Å². The zero-order valence-corrected chi connectivity index (χ0v) is 13.1. The molecule has 0 amide bonds. The summed E-state index contributed by atoms with van der Waals surface area (Å²) < 4.78 is 26.7. The molecule has 2 rings (SSSR count). The van der Waals surface area contributed by atoms with Crippen molar-refractivity contribution in [2.75, 3.05) is 18.8 Å². The maximum Gasteiger partial charge on any atom is 0.218 e. The summed E-state index contributed by atoms with van der Waals surface area (Å²) in [5.74, 6) is 0.0401. The van der Waals surface area contributed by atoms with Crippen LogP contribution in [-0.2, 0) is 15.8 Å². The number of nitrogens with two attached hydrogens (primary N) is 1. The number of nitrogen functional groups attached to an aromatic ring is 1. The Morgan fingerprint density at radius 3 is 2.70 bits per heavy atom. The van der Waals surface area contributed by atoms with Crippen molar-refractivity contribution in [3.05, 3.63) is 29.8 Å². The molecule has 0 aromatic heterocycles. The first-order valence-corrected chi connectivity index (χ1v) is 8.72. The molecule has 1 heterocycles. The van der Waals surface area contributed by atoms with Crippen molar-refractivity contribution in [3.63, 3.8) is 0 Å². The molecule has 1 fully saturated rings. The Kier molecular flexibility index (Phi) is 4.39. The lowest BCUT2D eigenvalue weighted by Gasteiger charge is -2.23.